The van der Waals surface area contributed by atoms with Gasteiger partial charge in [0.1, 0.15) is 6.61 Å². The SMILES string of the molecule is CCOC(=O)CCC(=O)OCC1(CC)COC2(CC(C)(CC)N(OC(C)=O)C(C)(CC)C2C)OC1. The van der Waals surface area contributed by atoms with Crippen LogP contribution in [-0.2, 0) is 38.2 Å². The summed E-state index contributed by atoms with van der Waals surface area (Å²) in [4.78, 5) is 41.5. The highest BCUT2D eigenvalue weighted by molar-refractivity contribution is 5.77. The van der Waals surface area contributed by atoms with Crippen LogP contribution >= 0.6 is 0 Å². The topological polar surface area (TPSA) is 101 Å². The van der Waals surface area contributed by atoms with E-state index in [1.807, 2.05) is 12.0 Å². The average Bonchev–Trinajstić information content (AvgIpc) is 2.84. The zero-order valence-corrected chi connectivity index (χ0v) is 22.9. The van der Waals surface area contributed by atoms with Crippen LogP contribution < -0.4 is 0 Å². The predicted molar refractivity (Wildman–Crippen MR) is 129 cm³/mol. The molecule has 0 amide bonds. The van der Waals surface area contributed by atoms with Crippen LogP contribution in [0.4, 0.5) is 0 Å². The van der Waals surface area contributed by atoms with Crippen molar-refractivity contribution in [1.82, 2.24) is 5.06 Å². The lowest BCUT2D eigenvalue weighted by atomic mass is 9.66. The number of hydrogen-bond donors (Lipinski definition) is 0. The highest BCUT2D eigenvalue weighted by Crippen LogP contribution is 2.54. The fourth-order valence-electron chi connectivity index (χ4n) is 5.20. The molecule has 9 nitrogen and oxygen atoms in total. The number of ether oxygens (including phenoxy) is 4. The summed E-state index contributed by atoms with van der Waals surface area (Å²) in [6.07, 6.45) is 2.72. The van der Waals surface area contributed by atoms with E-state index in [4.69, 9.17) is 23.8 Å². The second-order valence-electron chi connectivity index (χ2n) is 10.5. The molecule has 2 heterocycles. The van der Waals surface area contributed by atoms with E-state index in [1.165, 1.54) is 6.92 Å². The molecule has 3 unspecified atom stereocenters. The van der Waals surface area contributed by atoms with Gasteiger partial charge in [0.25, 0.3) is 0 Å². The van der Waals surface area contributed by atoms with Gasteiger partial charge in [0.05, 0.1) is 49.2 Å². The van der Waals surface area contributed by atoms with E-state index < -0.39 is 34.2 Å². The molecule has 0 saturated carbocycles. The van der Waals surface area contributed by atoms with Crippen LogP contribution in [-0.4, -0.2) is 66.3 Å². The van der Waals surface area contributed by atoms with E-state index in [9.17, 15) is 14.4 Å². The zero-order valence-electron chi connectivity index (χ0n) is 22.9. The first-order chi connectivity index (χ1) is 16.4. The van der Waals surface area contributed by atoms with Crippen LogP contribution in [0.2, 0.25) is 0 Å². The summed E-state index contributed by atoms with van der Waals surface area (Å²) < 4.78 is 23.5. The molecule has 0 aliphatic carbocycles. The Bertz CT molecular complexity index is 762. The fourth-order valence-corrected chi connectivity index (χ4v) is 5.20. The van der Waals surface area contributed by atoms with Gasteiger partial charge < -0.3 is 23.8 Å². The molecule has 2 aliphatic rings. The molecule has 0 aromatic rings. The number of carbonyl (C=O) groups is 3. The lowest BCUT2D eigenvalue weighted by Crippen LogP contribution is -2.74. The van der Waals surface area contributed by atoms with E-state index >= 15 is 0 Å². The molecule has 35 heavy (non-hydrogen) atoms. The van der Waals surface area contributed by atoms with Gasteiger partial charge in [-0.15, -0.1) is 5.06 Å². The van der Waals surface area contributed by atoms with Crippen molar-refractivity contribution in [3.8, 4) is 0 Å². The van der Waals surface area contributed by atoms with Crippen LogP contribution in [0, 0.1) is 11.3 Å². The number of esters is 2. The van der Waals surface area contributed by atoms with Gasteiger partial charge >= 0.3 is 17.9 Å². The number of piperidine rings is 1. The van der Waals surface area contributed by atoms with Gasteiger partial charge in [-0.2, -0.15) is 0 Å². The van der Waals surface area contributed by atoms with E-state index in [-0.39, 0.29) is 37.9 Å². The molecule has 3 atom stereocenters. The maximum atomic E-state index is 12.2. The van der Waals surface area contributed by atoms with Crippen molar-refractivity contribution in [1.29, 1.82) is 0 Å². The molecule has 0 aromatic heterocycles. The number of carbonyl (C=O) groups excluding carboxylic acids is 3. The molecule has 0 N–H and O–H groups in total. The molecule has 202 valence electrons. The second kappa shape index (κ2) is 11.6. The van der Waals surface area contributed by atoms with Crippen molar-refractivity contribution in [2.24, 2.45) is 11.3 Å². The lowest BCUT2D eigenvalue weighted by molar-refractivity contribution is -0.403. The summed E-state index contributed by atoms with van der Waals surface area (Å²) in [7, 11) is 0. The van der Waals surface area contributed by atoms with Crippen molar-refractivity contribution >= 4 is 17.9 Å². The van der Waals surface area contributed by atoms with Gasteiger partial charge in [-0.05, 0) is 40.0 Å². The summed E-state index contributed by atoms with van der Waals surface area (Å²) in [5.41, 5.74) is -1.45. The van der Waals surface area contributed by atoms with Crippen LogP contribution in [0.25, 0.3) is 0 Å². The molecular weight excluding hydrogens is 454 g/mol. The first-order valence-corrected chi connectivity index (χ1v) is 12.9. The van der Waals surface area contributed by atoms with E-state index in [0.717, 1.165) is 12.8 Å². The summed E-state index contributed by atoms with van der Waals surface area (Å²) in [5.74, 6) is -2.13. The Labute approximate surface area is 210 Å². The third-order valence-corrected chi connectivity index (χ3v) is 8.24. The summed E-state index contributed by atoms with van der Waals surface area (Å²) in [6.45, 7) is 16.8. The number of rotatable bonds is 10. The molecule has 9 heteroatoms. The van der Waals surface area contributed by atoms with Crippen LogP contribution in [0.5, 0.6) is 0 Å². The smallest absolute Gasteiger partial charge is 0.322 e. The Morgan fingerprint density at radius 3 is 1.94 bits per heavy atom. The summed E-state index contributed by atoms with van der Waals surface area (Å²) in [6, 6.07) is 0. The van der Waals surface area contributed by atoms with Crippen molar-refractivity contribution in [3.05, 3.63) is 0 Å². The Morgan fingerprint density at radius 2 is 1.49 bits per heavy atom. The molecule has 2 fully saturated rings. The molecule has 2 saturated heterocycles. The quantitative estimate of drug-likeness (QED) is 0.410. The normalized spacial score (nSPS) is 35.5. The van der Waals surface area contributed by atoms with Crippen LogP contribution in [0.3, 0.4) is 0 Å². The van der Waals surface area contributed by atoms with Gasteiger partial charge in [0.2, 0.25) is 0 Å². The Balaban J connectivity index is 2.14. The average molecular weight is 500 g/mol. The zero-order chi connectivity index (χ0) is 26.5. The van der Waals surface area contributed by atoms with Gasteiger partial charge in [-0.3, -0.25) is 14.4 Å². The minimum atomic E-state index is -0.848. The Morgan fingerprint density at radius 1 is 0.914 bits per heavy atom. The lowest BCUT2D eigenvalue weighted by Gasteiger charge is -2.63. The third-order valence-electron chi connectivity index (χ3n) is 8.24. The molecule has 2 aliphatic heterocycles. The van der Waals surface area contributed by atoms with Crippen LogP contribution in [0.1, 0.15) is 93.9 Å². The fraction of sp³-hybridized carbons (Fsp3) is 0.885. The third kappa shape index (κ3) is 6.17. The second-order valence-corrected chi connectivity index (χ2v) is 10.5. The van der Waals surface area contributed by atoms with Gasteiger partial charge in [-0.1, -0.05) is 27.7 Å². The predicted octanol–water partition coefficient (Wildman–Crippen LogP) is 4.17. The number of nitrogens with zero attached hydrogens (tertiary/aromatic N) is 1. The first-order valence-electron chi connectivity index (χ1n) is 12.9. The van der Waals surface area contributed by atoms with Crippen molar-refractivity contribution < 1.29 is 38.2 Å². The van der Waals surface area contributed by atoms with Crippen molar-refractivity contribution in [2.45, 2.75) is 111 Å². The van der Waals surface area contributed by atoms with Crippen molar-refractivity contribution in [3.63, 3.8) is 0 Å². The minimum Gasteiger partial charge on any atom is -0.466 e. The van der Waals surface area contributed by atoms with E-state index in [0.29, 0.717) is 26.1 Å². The summed E-state index contributed by atoms with van der Waals surface area (Å²) >= 11 is 0. The molecule has 0 radical (unpaired) electrons. The largest absolute Gasteiger partial charge is 0.466 e. The highest BCUT2D eigenvalue weighted by atomic mass is 16.7. The van der Waals surface area contributed by atoms with Gasteiger partial charge in [-0.25, -0.2) is 0 Å². The highest BCUT2D eigenvalue weighted by Gasteiger charge is 2.64. The standard InChI is InChI=1S/C26H45NO8/c1-9-23(7)15-26(19(5)24(8,10-2)27(23)35-20(6)28)33-17-25(11-3,18-34-26)16-32-22(30)14-13-21(29)31-12-4/h19H,9-18H2,1-8H3. The summed E-state index contributed by atoms with van der Waals surface area (Å²) in [5, 5.41) is 1.87. The molecule has 0 aromatic carbocycles. The Hall–Kier alpha value is -1.71. The van der Waals surface area contributed by atoms with E-state index in [2.05, 4.69) is 34.6 Å². The number of hydroxylamine groups is 2. The molecular formula is C26H45NO8. The minimum absolute atomic E-state index is 0.00343. The van der Waals surface area contributed by atoms with E-state index in [1.54, 1.807) is 6.92 Å². The van der Waals surface area contributed by atoms with Gasteiger partial charge in [0, 0.05) is 19.3 Å². The molecule has 1 spiro atoms. The maximum absolute atomic E-state index is 12.2. The molecule has 2 rings (SSSR count). The van der Waals surface area contributed by atoms with Crippen molar-refractivity contribution in [2.75, 3.05) is 26.4 Å². The Kier molecular flexibility index (Phi) is 9.75. The number of hydrogen-bond acceptors (Lipinski definition) is 9. The first kappa shape index (κ1) is 29.5. The van der Waals surface area contributed by atoms with Crippen LogP contribution in [0.15, 0.2) is 0 Å². The molecule has 0 bridgehead atoms. The van der Waals surface area contributed by atoms with Gasteiger partial charge in [0.15, 0.2) is 5.79 Å². The monoisotopic (exact) mass is 499 g/mol. The maximum Gasteiger partial charge on any atom is 0.322 e.